The lowest BCUT2D eigenvalue weighted by Gasteiger charge is -2.10. The second-order valence-electron chi connectivity index (χ2n) is 5.52. The molecule has 11 heteroatoms. The molecule has 0 unspecified atom stereocenters. The van der Waals surface area contributed by atoms with E-state index in [1.165, 1.54) is 30.3 Å². The van der Waals surface area contributed by atoms with E-state index in [1.54, 1.807) is 0 Å². The smallest absolute Gasteiger partial charge is 0.293 e. The average Bonchev–Trinajstić information content (AvgIpc) is 2.57. The Hall–Kier alpha value is -2.53. The van der Waals surface area contributed by atoms with Crippen LogP contribution in [0, 0.1) is 15.9 Å². The highest BCUT2D eigenvalue weighted by Gasteiger charge is 2.18. The molecule has 0 aliphatic heterocycles. The van der Waals surface area contributed by atoms with Gasteiger partial charge >= 0.3 is 0 Å². The van der Waals surface area contributed by atoms with Crippen molar-refractivity contribution in [3.05, 3.63) is 62.4 Å². The molecule has 27 heavy (non-hydrogen) atoms. The van der Waals surface area contributed by atoms with Crippen LogP contribution in [0.4, 0.5) is 15.8 Å². The number of benzene rings is 2. The Morgan fingerprint density at radius 1 is 1.22 bits per heavy atom. The van der Waals surface area contributed by atoms with Crippen LogP contribution in [0.5, 0.6) is 0 Å². The van der Waals surface area contributed by atoms with Crippen molar-refractivity contribution in [2.24, 2.45) is 0 Å². The van der Waals surface area contributed by atoms with Crippen LogP contribution in [-0.2, 0) is 9.84 Å². The summed E-state index contributed by atoms with van der Waals surface area (Å²) in [7, 11) is -3.58. The first-order valence-electron chi connectivity index (χ1n) is 7.55. The van der Waals surface area contributed by atoms with Crippen LogP contribution >= 0.6 is 15.9 Å². The van der Waals surface area contributed by atoms with Gasteiger partial charge in [-0.05, 0) is 30.3 Å². The van der Waals surface area contributed by atoms with E-state index in [0.29, 0.717) is 4.47 Å². The number of hydrogen-bond acceptors (Lipinski definition) is 6. The van der Waals surface area contributed by atoms with Crippen molar-refractivity contribution < 1.29 is 22.5 Å². The molecule has 0 aliphatic carbocycles. The van der Waals surface area contributed by atoms with Crippen LogP contribution < -0.4 is 10.6 Å². The third kappa shape index (κ3) is 5.47. The van der Waals surface area contributed by atoms with Crippen molar-refractivity contribution >= 4 is 43.0 Å². The number of nitro groups is 1. The summed E-state index contributed by atoms with van der Waals surface area (Å²) in [5.41, 5.74) is -0.415. The zero-order chi connectivity index (χ0) is 20.2. The van der Waals surface area contributed by atoms with Gasteiger partial charge in [-0.2, -0.15) is 0 Å². The minimum atomic E-state index is -3.58. The lowest BCUT2D eigenvalue weighted by atomic mass is 10.2. The van der Waals surface area contributed by atoms with Gasteiger partial charge < -0.3 is 10.6 Å². The first-order valence-corrected chi connectivity index (χ1v) is 10.2. The first kappa shape index (κ1) is 20.8. The molecule has 2 aromatic carbocycles. The molecule has 0 saturated heterocycles. The quantitative estimate of drug-likeness (QED) is 0.373. The maximum absolute atomic E-state index is 13.7. The monoisotopic (exact) mass is 459 g/mol. The molecule has 0 aromatic heterocycles. The number of amides is 1. The zero-order valence-electron chi connectivity index (χ0n) is 14.0. The maximum atomic E-state index is 13.7. The number of hydrogen-bond donors (Lipinski definition) is 2. The molecular formula is C16H15BrFN3O5S. The molecule has 2 N–H and O–H groups in total. The summed E-state index contributed by atoms with van der Waals surface area (Å²) in [5, 5.41) is 16.4. The topological polar surface area (TPSA) is 118 Å². The number of rotatable bonds is 7. The Morgan fingerprint density at radius 3 is 2.52 bits per heavy atom. The lowest BCUT2D eigenvalue weighted by molar-refractivity contribution is -0.384. The Bertz CT molecular complexity index is 998. The zero-order valence-corrected chi connectivity index (χ0v) is 16.4. The van der Waals surface area contributed by atoms with Crippen LogP contribution in [0.3, 0.4) is 0 Å². The summed E-state index contributed by atoms with van der Waals surface area (Å²) in [4.78, 5) is 22.2. The van der Waals surface area contributed by atoms with Gasteiger partial charge in [-0.1, -0.05) is 15.9 Å². The van der Waals surface area contributed by atoms with Crippen molar-refractivity contribution in [2.75, 3.05) is 24.7 Å². The number of halogens is 2. The van der Waals surface area contributed by atoms with Gasteiger partial charge in [0.1, 0.15) is 11.5 Å². The Morgan fingerprint density at radius 2 is 1.93 bits per heavy atom. The molecule has 2 rings (SSSR count). The van der Waals surface area contributed by atoms with Crippen molar-refractivity contribution in [3.8, 4) is 0 Å². The summed E-state index contributed by atoms with van der Waals surface area (Å²) in [6.45, 7) is 0.183. The molecule has 0 atom stereocenters. The molecule has 0 saturated carbocycles. The number of carbonyl (C=O) groups is 1. The van der Waals surface area contributed by atoms with Crippen molar-refractivity contribution in [1.29, 1.82) is 0 Å². The van der Waals surface area contributed by atoms with Crippen LogP contribution in [0.25, 0.3) is 0 Å². The van der Waals surface area contributed by atoms with Crippen LogP contribution in [0.1, 0.15) is 10.4 Å². The molecule has 0 spiro atoms. The number of nitro benzene ring substituents is 1. The minimum Gasteiger partial charge on any atom is -0.378 e. The highest BCUT2D eigenvalue weighted by atomic mass is 79.9. The predicted octanol–water partition coefficient (Wildman–Crippen LogP) is 2.74. The van der Waals surface area contributed by atoms with Crippen LogP contribution in [-0.4, -0.2) is 38.6 Å². The largest absolute Gasteiger partial charge is 0.378 e. The van der Waals surface area contributed by atoms with E-state index in [9.17, 15) is 27.7 Å². The molecule has 0 fully saturated rings. The molecule has 0 bridgehead atoms. The van der Waals surface area contributed by atoms with Gasteiger partial charge in [0.2, 0.25) is 0 Å². The van der Waals surface area contributed by atoms with Crippen LogP contribution in [0.15, 0.2) is 45.8 Å². The number of sulfone groups is 1. The van der Waals surface area contributed by atoms with Gasteiger partial charge in [-0.3, -0.25) is 14.9 Å². The SMILES string of the molecule is CS(=O)(=O)c1ccc(NCCNC(=O)c2ccc(Br)cc2F)c([N+](=O)[O-])c1. The number of anilines is 1. The van der Waals surface area contributed by atoms with Crippen molar-refractivity contribution in [2.45, 2.75) is 4.90 Å². The lowest BCUT2D eigenvalue weighted by Crippen LogP contribution is -2.29. The summed E-state index contributed by atoms with van der Waals surface area (Å²) < 4.78 is 37.3. The summed E-state index contributed by atoms with van der Waals surface area (Å²) in [6, 6.07) is 7.53. The van der Waals surface area contributed by atoms with Crippen LogP contribution in [0.2, 0.25) is 0 Å². The van der Waals surface area contributed by atoms with E-state index in [2.05, 4.69) is 26.6 Å². The normalized spacial score (nSPS) is 11.1. The maximum Gasteiger partial charge on any atom is 0.293 e. The standard InChI is InChI=1S/C16H15BrFN3O5S/c1-27(25,26)11-3-5-14(15(9-11)21(23)24)19-6-7-20-16(22)12-4-2-10(17)8-13(12)18/h2-5,8-9,19H,6-7H2,1H3,(H,20,22). The fraction of sp³-hybridized carbons (Fsp3) is 0.188. The second kappa shape index (κ2) is 8.44. The van der Waals surface area contributed by atoms with E-state index < -0.39 is 32.2 Å². The fourth-order valence-corrected chi connectivity index (χ4v) is 3.16. The predicted molar refractivity (Wildman–Crippen MR) is 101 cm³/mol. The van der Waals surface area contributed by atoms with Gasteiger partial charge in [0.05, 0.1) is 15.4 Å². The van der Waals surface area contributed by atoms with Gasteiger partial charge in [-0.15, -0.1) is 0 Å². The fourth-order valence-electron chi connectivity index (χ4n) is 2.18. The number of carbonyl (C=O) groups excluding carboxylic acids is 1. The molecule has 2 aromatic rings. The third-order valence-corrected chi connectivity index (χ3v) is 5.10. The van der Waals surface area contributed by atoms with E-state index in [-0.39, 0.29) is 29.2 Å². The molecule has 0 heterocycles. The first-order chi connectivity index (χ1) is 12.6. The van der Waals surface area contributed by atoms with E-state index in [0.717, 1.165) is 12.3 Å². The third-order valence-electron chi connectivity index (χ3n) is 3.50. The number of nitrogens with zero attached hydrogens (tertiary/aromatic N) is 1. The highest BCUT2D eigenvalue weighted by Crippen LogP contribution is 2.27. The number of nitrogens with one attached hydrogen (secondary N) is 2. The van der Waals surface area contributed by atoms with Crippen molar-refractivity contribution in [1.82, 2.24) is 5.32 Å². The molecule has 0 radical (unpaired) electrons. The second-order valence-corrected chi connectivity index (χ2v) is 8.45. The average molecular weight is 460 g/mol. The Kier molecular flexibility index (Phi) is 6.50. The van der Waals surface area contributed by atoms with E-state index in [4.69, 9.17) is 0 Å². The summed E-state index contributed by atoms with van der Waals surface area (Å²) in [5.74, 6) is -1.30. The molecular weight excluding hydrogens is 445 g/mol. The molecule has 1 amide bonds. The van der Waals surface area contributed by atoms with E-state index >= 15 is 0 Å². The molecule has 0 aliphatic rings. The molecule has 144 valence electrons. The minimum absolute atomic E-state index is 0.0688. The summed E-state index contributed by atoms with van der Waals surface area (Å²) in [6.07, 6.45) is 0.954. The molecule has 8 nitrogen and oxygen atoms in total. The van der Waals surface area contributed by atoms with Gasteiger partial charge in [0.25, 0.3) is 11.6 Å². The Balaban J connectivity index is 2.00. The van der Waals surface area contributed by atoms with E-state index in [1.807, 2.05) is 0 Å². The Labute approximate surface area is 163 Å². The van der Waals surface area contributed by atoms with Gasteiger partial charge in [-0.25, -0.2) is 12.8 Å². The van der Waals surface area contributed by atoms with Crippen molar-refractivity contribution in [3.63, 3.8) is 0 Å². The summed E-state index contributed by atoms with van der Waals surface area (Å²) >= 11 is 3.10. The highest BCUT2D eigenvalue weighted by molar-refractivity contribution is 9.10. The van der Waals surface area contributed by atoms with Gasteiger partial charge in [0.15, 0.2) is 9.84 Å². The van der Waals surface area contributed by atoms with Gasteiger partial charge in [0, 0.05) is 29.9 Å².